The van der Waals surface area contributed by atoms with Gasteiger partial charge in [0.15, 0.2) is 0 Å². The standard InChI is InChI=1S/C14H19NO4/c16-13(19-9-12-5-2-1-3-6-12)15-10-14(17)7-4-8-18-11-14/h1-3,5-6,17H,4,7-11H2,(H,15,16). The first kappa shape index (κ1) is 13.8. The van der Waals surface area contributed by atoms with Crippen LogP contribution in [0.3, 0.4) is 0 Å². The highest BCUT2D eigenvalue weighted by Gasteiger charge is 2.30. The minimum atomic E-state index is -0.968. The zero-order chi connectivity index (χ0) is 13.6. The van der Waals surface area contributed by atoms with Gasteiger partial charge in [0.25, 0.3) is 0 Å². The molecule has 1 aromatic carbocycles. The van der Waals surface area contributed by atoms with Crippen molar-refractivity contribution in [3.05, 3.63) is 35.9 Å². The number of nitrogens with one attached hydrogen (secondary N) is 1. The van der Waals surface area contributed by atoms with Crippen LogP contribution < -0.4 is 5.32 Å². The second kappa shape index (κ2) is 6.54. The van der Waals surface area contributed by atoms with E-state index < -0.39 is 11.7 Å². The largest absolute Gasteiger partial charge is 0.445 e. The summed E-state index contributed by atoms with van der Waals surface area (Å²) in [5.41, 5.74) is -0.0401. The highest BCUT2D eigenvalue weighted by molar-refractivity contribution is 5.67. The Balaban J connectivity index is 1.70. The van der Waals surface area contributed by atoms with Crippen molar-refractivity contribution in [1.82, 2.24) is 5.32 Å². The number of alkyl carbamates (subject to hydrolysis) is 1. The molecular formula is C14H19NO4. The van der Waals surface area contributed by atoms with Gasteiger partial charge in [0.1, 0.15) is 12.2 Å². The van der Waals surface area contributed by atoms with Crippen molar-refractivity contribution in [2.24, 2.45) is 0 Å². The molecule has 1 saturated heterocycles. The van der Waals surface area contributed by atoms with Crippen LogP contribution in [0.25, 0.3) is 0 Å². The number of ether oxygens (including phenoxy) is 2. The Morgan fingerprint density at radius 1 is 1.42 bits per heavy atom. The van der Waals surface area contributed by atoms with Gasteiger partial charge in [-0.2, -0.15) is 0 Å². The van der Waals surface area contributed by atoms with E-state index in [0.29, 0.717) is 13.0 Å². The van der Waals surface area contributed by atoms with Gasteiger partial charge in [-0.15, -0.1) is 0 Å². The molecule has 5 heteroatoms. The van der Waals surface area contributed by atoms with E-state index in [1.54, 1.807) is 0 Å². The zero-order valence-electron chi connectivity index (χ0n) is 10.8. The Labute approximate surface area is 112 Å². The van der Waals surface area contributed by atoms with Crippen LogP contribution >= 0.6 is 0 Å². The van der Waals surface area contributed by atoms with Crippen LogP contribution in [0.1, 0.15) is 18.4 Å². The maximum absolute atomic E-state index is 11.5. The molecule has 0 saturated carbocycles. The van der Waals surface area contributed by atoms with E-state index >= 15 is 0 Å². The van der Waals surface area contributed by atoms with E-state index in [-0.39, 0.29) is 19.8 Å². The lowest BCUT2D eigenvalue weighted by molar-refractivity contribution is -0.0826. The first-order valence-electron chi connectivity index (χ1n) is 6.43. The zero-order valence-corrected chi connectivity index (χ0v) is 10.8. The smallest absolute Gasteiger partial charge is 0.407 e. The Bertz CT molecular complexity index is 401. The van der Waals surface area contributed by atoms with Crippen molar-refractivity contribution in [1.29, 1.82) is 0 Å². The fraction of sp³-hybridized carbons (Fsp3) is 0.500. The second-order valence-electron chi connectivity index (χ2n) is 4.80. The molecule has 1 aliphatic heterocycles. The summed E-state index contributed by atoms with van der Waals surface area (Å²) in [7, 11) is 0. The summed E-state index contributed by atoms with van der Waals surface area (Å²) in [6, 6.07) is 9.45. The molecule has 2 rings (SSSR count). The molecule has 0 spiro atoms. The molecule has 1 heterocycles. The molecule has 1 unspecified atom stereocenters. The van der Waals surface area contributed by atoms with Crippen molar-refractivity contribution in [2.75, 3.05) is 19.8 Å². The minimum Gasteiger partial charge on any atom is -0.445 e. The lowest BCUT2D eigenvalue weighted by Crippen LogP contribution is -2.48. The van der Waals surface area contributed by atoms with Crippen molar-refractivity contribution < 1.29 is 19.4 Å². The van der Waals surface area contributed by atoms with Crippen LogP contribution in [0.2, 0.25) is 0 Å². The maximum atomic E-state index is 11.5. The van der Waals surface area contributed by atoms with E-state index in [1.165, 1.54) is 0 Å². The summed E-state index contributed by atoms with van der Waals surface area (Å²) in [5, 5.41) is 12.7. The summed E-state index contributed by atoms with van der Waals surface area (Å²) in [6.07, 6.45) is 0.909. The predicted molar refractivity (Wildman–Crippen MR) is 69.6 cm³/mol. The van der Waals surface area contributed by atoms with Crippen LogP contribution in [-0.2, 0) is 16.1 Å². The summed E-state index contributed by atoms with van der Waals surface area (Å²) in [4.78, 5) is 11.5. The quantitative estimate of drug-likeness (QED) is 0.864. The predicted octanol–water partition coefficient (Wildman–Crippen LogP) is 1.45. The molecule has 104 valence electrons. The highest BCUT2D eigenvalue weighted by Crippen LogP contribution is 2.17. The Hall–Kier alpha value is -1.59. The molecule has 1 fully saturated rings. The normalized spacial score (nSPS) is 22.8. The van der Waals surface area contributed by atoms with Gasteiger partial charge in [-0.05, 0) is 18.4 Å². The van der Waals surface area contributed by atoms with Gasteiger partial charge in [-0.1, -0.05) is 30.3 Å². The summed E-state index contributed by atoms with van der Waals surface area (Å²) < 4.78 is 10.3. The molecule has 1 aliphatic rings. The van der Waals surface area contributed by atoms with Crippen LogP contribution in [-0.4, -0.2) is 36.6 Å². The molecular weight excluding hydrogens is 246 g/mol. The van der Waals surface area contributed by atoms with Crippen LogP contribution in [0.15, 0.2) is 30.3 Å². The topological polar surface area (TPSA) is 67.8 Å². The Morgan fingerprint density at radius 3 is 2.89 bits per heavy atom. The second-order valence-corrected chi connectivity index (χ2v) is 4.80. The molecule has 1 amide bonds. The average Bonchev–Trinajstić information content (AvgIpc) is 2.45. The molecule has 19 heavy (non-hydrogen) atoms. The summed E-state index contributed by atoms with van der Waals surface area (Å²) >= 11 is 0. The van der Waals surface area contributed by atoms with Crippen molar-refractivity contribution >= 4 is 6.09 Å². The first-order valence-corrected chi connectivity index (χ1v) is 6.43. The van der Waals surface area contributed by atoms with Gasteiger partial charge in [0, 0.05) is 6.61 Å². The molecule has 1 atom stereocenters. The molecule has 0 aliphatic carbocycles. The third-order valence-electron chi connectivity index (χ3n) is 3.08. The average molecular weight is 265 g/mol. The van der Waals surface area contributed by atoms with Crippen molar-refractivity contribution in [2.45, 2.75) is 25.0 Å². The molecule has 1 aromatic rings. The van der Waals surface area contributed by atoms with Crippen LogP contribution in [0, 0.1) is 0 Å². The fourth-order valence-electron chi connectivity index (χ4n) is 1.99. The number of hydrogen-bond donors (Lipinski definition) is 2. The van der Waals surface area contributed by atoms with Gasteiger partial charge in [0.05, 0.1) is 13.2 Å². The van der Waals surface area contributed by atoms with Crippen LogP contribution in [0.4, 0.5) is 4.79 Å². The molecule has 0 radical (unpaired) electrons. The number of benzene rings is 1. The summed E-state index contributed by atoms with van der Waals surface area (Å²) in [6.45, 7) is 1.30. The van der Waals surface area contributed by atoms with E-state index in [4.69, 9.17) is 9.47 Å². The fourth-order valence-corrected chi connectivity index (χ4v) is 1.99. The highest BCUT2D eigenvalue weighted by atomic mass is 16.5. The molecule has 0 bridgehead atoms. The lowest BCUT2D eigenvalue weighted by atomic mass is 9.97. The van der Waals surface area contributed by atoms with Crippen LogP contribution in [0.5, 0.6) is 0 Å². The number of carbonyl (C=O) groups is 1. The SMILES string of the molecule is O=C(NCC1(O)CCCOC1)OCc1ccccc1. The van der Waals surface area contributed by atoms with E-state index in [9.17, 15) is 9.90 Å². The van der Waals surface area contributed by atoms with E-state index in [1.807, 2.05) is 30.3 Å². The van der Waals surface area contributed by atoms with E-state index in [0.717, 1.165) is 12.0 Å². The third-order valence-corrected chi connectivity index (χ3v) is 3.08. The van der Waals surface area contributed by atoms with Gasteiger partial charge >= 0.3 is 6.09 Å². The first-order chi connectivity index (χ1) is 9.18. The number of aliphatic hydroxyl groups is 1. The number of hydrogen-bond acceptors (Lipinski definition) is 4. The molecule has 0 aromatic heterocycles. The molecule has 5 nitrogen and oxygen atoms in total. The van der Waals surface area contributed by atoms with E-state index in [2.05, 4.69) is 5.32 Å². The maximum Gasteiger partial charge on any atom is 0.407 e. The number of amides is 1. The number of carbonyl (C=O) groups excluding carboxylic acids is 1. The van der Waals surface area contributed by atoms with Gasteiger partial charge < -0.3 is 19.9 Å². The summed E-state index contributed by atoms with van der Waals surface area (Å²) in [5.74, 6) is 0. The van der Waals surface area contributed by atoms with Crippen molar-refractivity contribution in [3.63, 3.8) is 0 Å². The molecule has 2 N–H and O–H groups in total. The van der Waals surface area contributed by atoms with Gasteiger partial charge in [-0.3, -0.25) is 0 Å². The minimum absolute atomic E-state index is 0.153. The van der Waals surface area contributed by atoms with Gasteiger partial charge in [-0.25, -0.2) is 4.79 Å². The monoisotopic (exact) mass is 265 g/mol. The Morgan fingerprint density at radius 2 is 2.21 bits per heavy atom. The lowest BCUT2D eigenvalue weighted by Gasteiger charge is -2.31. The van der Waals surface area contributed by atoms with Crippen molar-refractivity contribution in [3.8, 4) is 0 Å². The number of rotatable bonds is 4. The third kappa shape index (κ3) is 4.54. The Kier molecular flexibility index (Phi) is 4.76. The van der Waals surface area contributed by atoms with Gasteiger partial charge in [0.2, 0.25) is 0 Å².